The van der Waals surface area contributed by atoms with Crippen LogP contribution in [0.1, 0.15) is 10.7 Å². The number of fused-ring (bicyclic) bond motifs is 1. The summed E-state index contributed by atoms with van der Waals surface area (Å²) in [4.78, 5) is 6.02. The van der Waals surface area contributed by atoms with Crippen LogP contribution < -0.4 is 0 Å². The lowest BCUT2D eigenvalue weighted by molar-refractivity contribution is 0.629. The molecule has 0 aliphatic rings. The number of rotatable bonds is 2. The van der Waals surface area contributed by atoms with Crippen molar-refractivity contribution in [3.63, 3.8) is 0 Å². The molecular formula is C14H9ClFN5S2. The van der Waals surface area contributed by atoms with E-state index in [4.69, 9.17) is 11.6 Å². The van der Waals surface area contributed by atoms with Crippen LogP contribution in [-0.4, -0.2) is 24.8 Å². The second kappa shape index (κ2) is 5.33. The highest BCUT2D eigenvalue weighted by molar-refractivity contribution is 7.24. The predicted molar refractivity (Wildman–Crippen MR) is 89.6 cm³/mol. The summed E-state index contributed by atoms with van der Waals surface area (Å²) >= 11 is 8.78. The molecule has 0 radical (unpaired) electrons. The number of aryl methyl sites for hydroxylation is 2. The summed E-state index contributed by atoms with van der Waals surface area (Å²) in [6.45, 7) is 3.90. The lowest BCUT2D eigenvalue weighted by atomic mass is 10.2. The number of thiazole rings is 1. The van der Waals surface area contributed by atoms with E-state index in [0.717, 1.165) is 20.6 Å². The molecule has 9 heteroatoms. The van der Waals surface area contributed by atoms with E-state index in [0.29, 0.717) is 21.4 Å². The fourth-order valence-corrected chi connectivity index (χ4v) is 4.32. The molecule has 3 aromatic heterocycles. The minimum absolute atomic E-state index is 0.316. The minimum Gasteiger partial charge on any atom is -0.246 e. The molecule has 5 nitrogen and oxygen atoms in total. The van der Waals surface area contributed by atoms with Gasteiger partial charge in [-0.25, -0.2) is 9.37 Å². The maximum atomic E-state index is 14.1. The van der Waals surface area contributed by atoms with Gasteiger partial charge in [0.05, 0.1) is 21.1 Å². The smallest absolute Gasteiger partial charge is 0.235 e. The van der Waals surface area contributed by atoms with Gasteiger partial charge in [0, 0.05) is 5.02 Å². The predicted octanol–water partition coefficient (Wildman–Crippen LogP) is 4.39. The van der Waals surface area contributed by atoms with Crippen molar-refractivity contribution >= 4 is 39.2 Å². The van der Waals surface area contributed by atoms with Gasteiger partial charge in [0.2, 0.25) is 4.96 Å². The van der Waals surface area contributed by atoms with Crippen molar-refractivity contribution in [2.45, 2.75) is 13.8 Å². The van der Waals surface area contributed by atoms with E-state index >= 15 is 0 Å². The Balaban J connectivity index is 1.88. The molecule has 4 aromatic rings. The van der Waals surface area contributed by atoms with Gasteiger partial charge in [-0.2, -0.15) is 9.61 Å². The van der Waals surface area contributed by atoms with E-state index in [9.17, 15) is 4.39 Å². The van der Waals surface area contributed by atoms with E-state index < -0.39 is 5.82 Å². The van der Waals surface area contributed by atoms with Gasteiger partial charge >= 0.3 is 0 Å². The first-order chi connectivity index (χ1) is 11.0. The zero-order valence-corrected chi connectivity index (χ0v) is 14.4. The van der Waals surface area contributed by atoms with Crippen molar-refractivity contribution in [3.05, 3.63) is 39.7 Å². The second-order valence-corrected chi connectivity index (χ2v) is 7.49. The fourth-order valence-electron chi connectivity index (χ4n) is 2.28. The van der Waals surface area contributed by atoms with Gasteiger partial charge in [-0.3, -0.25) is 0 Å². The topological polar surface area (TPSA) is 56.0 Å². The summed E-state index contributed by atoms with van der Waals surface area (Å²) in [5.41, 5.74) is 1.24. The molecular weight excluding hydrogens is 357 g/mol. The zero-order chi connectivity index (χ0) is 16.1. The zero-order valence-electron chi connectivity index (χ0n) is 12.0. The first-order valence-corrected chi connectivity index (χ1v) is 8.66. The molecule has 0 aliphatic carbocycles. The first kappa shape index (κ1) is 14.7. The Morgan fingerprint density at radius 3 is 2.70 bits per heavy atom. The molecule has 0 atom stereocenters. The number of nitrogens with zero attached hydrogens (tertiary/aromatic N) is 5. The Hall–Kier alpha value is -1.90. The van der Waals surface area contributed by atoms with Gasteiger partial charge in [0.25, 0.3) is 0 Å². The highest BCUT2D eigenvalue weighted by Crippen LogP contribution is 2.34. The monoisotopic (exact) mass is 365 g/mol. The molecule has 0 aliphatic heterocycles. The Morgan fingerprint density at radius 1 is 1.17 bits per heavy atom. The molecule has 0 fully saturated rings. The summed E-state index contributed by atoms with van der Waals surface area (Å²) in [7, 11) is 0. The van der Waals surface area contributed by atoms with Gasteiger partial charge in [-0.05, 0) is 32.0 Å². The van der Waals surface area contributed by atoms with Crippen LogP contribution in [0, 0.1) is 19.7 Å². The van der Waals surface area contributed by atoms with Crippen molar-refractivity contribution in [2.24, 2.45) is 0 Å². The van der Waals surface area contributed by atoms with Gasteiger partial charge in [-0.1, -0.05) is 22.9 Å². The third kappa shape index (κ3) is 2.43. The average molecular weight is 366 g/mol. The van der Waals surface area contributed by atoms with Crippen LogP contribution in [0.5, 0.6) is 0 Å². The van der Waals surface area contributed by atoms with Crippen molar-refractivity contribution < 1.29 is 4.39 Å². The first-order valence-electron chi connectivity index (χ1n) is 6.65. The lowest BCUT2D eigenvalue weighted by Gasteiger charge is -1.99. The van der Waals surface area contributed by atoms with Crippen LogP contribution in [0.15, 0.2) is 18.2 Å². The second-order valence-electron chi connectivity index (χ2n) is 4.90. The molecule has 3 heterocycles. The van der Waals surface area contributed by atoms with Crippen LogP contribution in [0.25, 0.3) is 26.2 Å². The van der Waals surface area contributed by atoms with Crippen LogP contribution in [-0.2, 0) is 0 Å². The number of hydrogen-bond donors (Lipinski definition) is 0. The standard InChI is InChI=1S/C14H9ClFN5S2/c1-6-11(22-7(2)17-6)13-20-21-12(18-19-14(21)23-13)9-4-3-8(15)5-10(9)16/h3-5H,1-2H3. The third-order valence-corrected chi connectivity index (χ3v) is 5.62. The molecule has 0 saturated carbocycles. The largest absolute Gasteiger partial charge is 0.246 e. The quantitative estimate of drug-likeness (QED) is 0.528. The molecule has 0 amide bonds. The van der Waals surface area contributed by atoms with Crippen LogP contribution >= 0.6 is 34.3 Å². The molecule has 0 spiro atoms. The van der Waals surface area contributed by atoms with Gasteiger partial charge in [-0.15, -0.1) is 21.5 Å². The maximum absolute atomic E-state index is 14.1. The Kier molecular flexibility index (Phi) is 3.40. The van der Waals surface area contributed by atoms with Crippen LogP contribution in [0.2, 0.25) is 5.02 Å². The molecule has 0 saturated heterocycles. The Bertz CT molecular complexity index is 1040. The molecule has 0 unspecified atom stereocenters. The highest BCUT2D eigenvalue weighted by Gasteiger charge is 2.19. The summed E-state index contributed by atoms with van der Waals surface area (Å²) in [6, 6.07) is 4.45. The van der Waals surface area contributed by atoms with Crippen molar-refractivity contribution in [1.29, 1.82) is 0 Å². The summed E-state index contributed by atoms with van der Waals surface area (Å²) < 4.78 is 15.7. The van der Waals surface area contributed by atoms with Crippen molar-refractivity contribution in [3.8, 4) is 21.3 Å². The number of hydrogen-bond acceptors (Lipinski definition) is 6. The van der Waals surface area contributed by atoms with E-state index in [1.54, 1.807) is 28.0 Å². The van der Waals surface area contributed by atoms with E-state index in [-0.39, 0.29) is 0 Å². The summed E-state index contributed by atoms with van der Waals surface area (Å²) in [5, 5.41) is 14.8. The minimum atomic E-state index is -0.453. The maximum Gasteiger partial charge on any atom is 0.235 e. The molecule has 23 heavy (non-hydrogen) atoms. The molecule has 1 aromatic carbocycles. The van der Waals surface area contributed by atoms with E-state index in [1.165, 1.54) is 17.4 Å². The van der Waals surface area contributed by atoms with Gasteiger partial charge < -0.3 is 0 Å². The number of benzene rings is 1. The van der Waals surface area contributed by atoms with E-state index in [1.807, 2.05) is 13.8 Å². The SMILES string of the molecule is Cc1nc(C)c(-c2nn3c(-c4ccc(Cl)cc4F)nnc3s2)s1. The fraction of sp³-hybridized carbons (Fsp3) is 0.143. The Labute approximate surface area is 143 Å². The van der Waals surface area contributed by atoms with Crippen LogP contribution in [0.3, 0.4) is 0 Å². The third-order valence-electron chi connectivity index (χ3n) is 3.26. The Morgan fingerprint density at radius 2 is 2.00 bits per heavy atom. The average Bonchev–Trinajstić information content (AvgIpc) is 3.13. The molecule has 116 valence electrons. The van der Waals surface area contributed by atoms with Crippen molar-refractivity contribution in [2.75, 3.05) is 0 Å². The summed E-state index contributed by atoms with van der Waals surface area (Å²) in [5.74, 6) is -0.0956. The molecule has 4 rings (SSSR count). The molecule has 0 N–H and O–H groups in total. The summed E-state index contributed by atoms with van der Waals surface area (Å²) in [6.07, 6.45) is 0. The normalized spacial score (nSPS) is 11.5. The van der Waals surface area contributed by atoms with E-state index in [2.05, 4.69) is 20.3 Å². The van der Waals surface area contributed by atoms with Gasteiger partial charge in [0.15, 0.2) is 10.8 Å². The highest BCUT2D eigenvalue weighted by atomic mass is 35.5. The number of aromatic nitrogens is 5. The van der Waals surface area contributed by atoms with Crippen LogP contribution in [0.4, 0.5) is 4.39 Å². The lowest BCUT2D eigenvalue weighted by Crippen LogP contribution is -1.93. The van der Waals surface area contributed by atoms with Gasteiger partial charge in [0.1, 0.15) is 5.82 Å². The number of halogens is 2. The molecule has 0 bridgehead atoms. The van der Waals surface area contributed by atoms with Crippen molar-refractivity contribution in [1.82, 2.24) is 24.8 Å².